The minimum atomic E-state index is -1.08. The summed E-state index contributed by atoms with van der Waals surface area (Å²) < 4.78 is 20.5. The van der Waals surface area contributed by atoms with E-state index in [9.17, 15) is 9.18 Å². The molecule has 0 radical (unpaired) electrons. The molecule has 0 spiro atoms. The number of carbonyl (C=O) groups is 2. The molecule has 1 fully saturated rings. The van der Waals surface area contributed by atoms with Crippen molar-refractivity contribution in [3.05, 3.63) is 82.4 Å². The Morgan fingerprint density at radius 3 is 2.65 bits per heavy atom. The number of nitrogens with two attached hydrogens (primary N) is 1. The summed E-state index contributed by atoms with van der Waals surface area (Å²) in [4.78, 5) is 35.0. The quantitative estimate of drug-likeness (QED) is 0.204. The zero-order valence-electron chi connectivity index (χ0n) is 23.6. The van der Waals surface area contributed by atoms with Crippen LogP contribution in [0.1, 0.15) is 47.8 Å². The molecule has 5 rings (SSSR count). The van der Waals surface area contributed by atoms with Crippen LogP contribution in [0.5, 0.6) is 5.88 Å². The average molecular weight is 611 g/mol. The SMILES string of the molecule is CCOc1ncccc1-c1ccc(C2(c3nnc(CN)[nH]3)C(CC)NCCN2c2cc(F)cc(Cl)c2C=O)cn1.O=CO. The number of rotatable bonds is 9. The van der Waals surface area contributed by atoms with Crippen molar-refractivity contribution in [3.8, 4) is 17.1 Å². The van der Waals surface area contributed by atoms with Gasteiger partial charge in [0.2, 0.25) is 5.88 Å². The summed E-state index contributed by atoms with van der Waals surface area (Å²) in [6, 6.07) is 9.77. The number of anilines is 1. The predicted molar refractivity (Wildman–Crippen MR) is 159 cm³/mol. The molecular formula is C29H32ClFN8O4. The number of hydrogen-bond acceptors (Lipinski definition) is 10. The van der Waals surface area contributed by atoms with Gasteiger partial charge in [-0.05, 0) is 43.7 Å². The van der Waals surface area contributed by atoms with Gasteiger partial charge in [0.15, 0.2) is 12.1 Å². The van der Waals surface area contributed by atoms with E-state index in [4.69, 9.17) is 37.0 Å². The first-order chi connectivity index (χ1) is 20.9. The van der Waals surface area contributed by atoms with Crippen molar-refractivity contribution < 1.29 is 23.8 Å². The number of aldehydes is 1. The molecule has 0 amide bonds. The molecule has 5 N–H and O–H groups in total. The van der Waals surface area contributed by atoms with Crippen molar-refractivity contribution in [1.82, 2.24) is 30.5 Å². The molecule has 14 heteroatoms. The third-order valence-corrected chi connectivity index (χ3v) is 7.48. The number of piperazine rings is 1. The molecule has 0 saturated carbocycles. The maximum atomic E-state index is 14.8. The van der Waals surface area contributed by atoms with Gasteiger partial charge >= 0.3 is 0 Å². The number of aromatic nitrogens is 5. The maximum Gasteiger partial charge on any atom is 0.290 e. The molecule has 1 aliphatic heterocycles. The van der Waals surface area contributed by atoms with Crippen molar-refractivity contribution in [1.29, 1.82) is 0 Å². The van der Waals surface area contributed by atoms with Crippen LogP contribution in [0.3, 0.4) is 0 Å². The average Bonchev–Trinajstić information content (AvgIpc) is 3.51. The smallest absolute Gasteiger partial charge is 0.290 e. The van der Waals surface area contributed by atoms with E-state index in [0.29, 0.717) is 61.3 Å². The minimum absolute atomic E-state index is 0.0270. The summed E-state index contributed by atoms with van der Waals surface area (Å²) in [5.74, 6) is 0.902. The van der Waals surface area contributed by atoms with Crippen LogP contribution in [-0.2, 0) is 16.9 Å². The van der Waals surface area contributed by atoms with Gasteiger partial charge in [-0.2, -0.15) is 0 Å². The van der Waals surface area contributed by atoms with E-state index in [0.717, 1.165) is 17.2 Å². The number of ether oxygens (including phenoxy) is 1. The van der Waals surface area contributed by atoms with Gasteiger partial charge in [-0.15, -0.1) is 10.2 Å². The van der Waals surface area contributed by atoms with E-state index in [-0.39, 0.29) is 29.6 Å². The molecule has 2 atom stereocenters. The number of carbonyl (C=O) groups excluding carboxylic acids is 1. The number of nitrogens with one attached hydrogen (secondary N) is 2. The number of halogens is 2. The highest BCUT2D eigenvalue weighted by Crippen LogP contribution is 2.45. The minimum Gasteiger partial charge on any atom is -0.483 e. The largest absolute Gasteiger partial charge is 0.483 e. The topological polar surface area (TPSA) is 172 Å². The van der Waals surface area contributed by atoms with E-state index >= 15 is 0 Å². The van der Waals surface area contributed by atoms with Crippen LogP contribution in [0.15, 0.2) is 48.8 Å². The lowest BCUT2D eigenvalue weighted by molar-refractivity contribution is -0.122. The first kappa shape index (κ1) is 31.5. The fraction of sp³-hybridized carbons (Fsp3) is 0.310. The highest BCUT2D eigenvalue weighted by atomic mass is 35.5. The molecule has 12 nitrogen and oxygen atoms in total. The highest BCUT2D eigenvalue weighted by Gasteiger charge is 2.52. The second-order valence-electron chi connectivity index (χ2n) is 9.42. The van der Waals surface area contributed by atoms with Crippen LogP contribution >= 0.6 is 11.6 Å². The summed E-state index contributed by atoms with van der Waals surface area (Å²) in [5, 5.41) is 19.3. The molecule has 1 saturated heterocycles. The van der Waals surface area contributed by atoms with Gasteiger partial charge in [-0.3, -0.25) is 14.6 Å². The summed E-state index contributed by atoms with van der Waals surface area (Å²) >= 11 is 6.37. The fourth-order valence-electron chi connectivity index (χ4n) is 5.49. The molecular weight excluding hydrogens is 579 g/mol. The molecule has 0 aliphatic carbocycles. The van der Waals surface area contributed by atoms with E-state index in [1.165, 1.54) is 6.07 Å². The van der Waals surface area contributed by atoms with Crippen molar-refractivity contribution in [2.24, 2.45) is 5.73 Å². The number of pyridine rings is 2. The molecule has 226 valence electrons. The van der Waals surface area contributed by atoms with Crippen LogP contribution in [0.2, 0.25) is 5.02 Å². The number of aromatic amines is 1. The monoisotopic (exact) mass is 610 g/mol. The third-order valence-electron chi connectivity index (χ3n) is 7.17. The number of hydrogen-bond donors (Lipinski definition) is 4. The Bertz CT molecular complexity index is 1550. The van der Waals surface area contributed by atoms with Gasteiger partial charge < -0.3 is 30.8 Å². The van der Waals surface area contributed by atoms with Crippen LogP contribution in [-0.4, -0.2) is 68.8 Å². The van der Waals surface area contributed by atoms with Gasteiger partial charge in [-0.1, -0.05) is 24.6 Å². The Morgan fingerprint density at radius 2 is 2.02 bits per heavy atom. The standard InChI is InChI=1S/C28H30ClFN8O2.CH2O2/c1-3-24-28(27-35-25(14-31)36-37-27,38(11-10-32-24)23-13-18(30)12-21(29)20(23)16-39)17-7-8-22(34-15-17)19-6-5-9-33-26(19)40-4-2;2-1-3/h5-9,12-13,15-16,24,32H,3-4,10-11,14,31H2,1-2H3,(H,35,36,37);1H,(H,2,3). The van der Waals surface area contributed by atoms with Crippen LogP contribution in [0.25, 0.3) is 11.3 Å². The third kappa shape index (κ3) is 6.05. The van der Waals surface area contributed by atoms with Crippen LogP contribution in [0.4, 0.5) is 10.1 Å². The molecule has 0 bridgehead atoms. The van der Waals surface area contributed by atoms with Gasteiger partial charge in [0, 0.05) is 37.1 Å². The second-order valence-corrected chi connectivity index (χ2v) is 9.83. The lowest BCUT2D eigenvalue weighted by atomic mass is 9.77. The van der Waals surface area contributed by atoms with Gasteiger partial charge in [0.25, 0.3) is 6.47 Å². The van der Waals surface area contributed by atoms with Crippen LogP contribution in [0, 0.1) is 5.82 Å². The lowest BCUT2D eigenvalue weighted by Crippen LogP contribution is -2.66. The van der Waals surface area contributed by atoms with Gasteiger partial charge in [-0.25, -0.2) is 9.37 Å². The Labute approximate surface area is 252 Å². The predicted octanol–water partition coefficient (Wildman–Crippen LogP) is 3.56. The Balaban J connectivity index is 0.00000135. The molecule has 4 heterocycles. The van der Waals surface area contributed by atoms with Gasteiger partial charge in [0.1, 0.15) is 17.2 Å². The summed E-state index contributed by atoms with van der Waals surface area (Å²) in [6.45, 7) is 5.29. The number of nitrogens with zero attached hydrogens (tertiary/aromatic N) is 5. The lowest BCUT2D eigenvalue weighted by Gasteiger charge is -2.52. The van der Waals surface area contributed by atoms with Crippen molar-refractivity contribution in [3.63, 3.8) is 0 Å². The summed E-state index contributed by atoms with van der Waals surface area (Å²) in [7, 11) is 0. The Morgan fingerprint density at radius 1 is 1.23 bits per heavy atom. The molecule has 3 aromatic heterocycles. The van der Waals surface area contributed by atoms with E-state index in [1.54, 1.807) is 12.4 Å². The van der Waals surface area contributed by atoms with Crippen molar-refractivity contribution >= 4 is 30.0 Å². The first-order valence-electron chi connectivity index (χ1n) is 13.6. The van der Waals surface area contributed by atoms with Crippen molar-refractivity contribution in [2.75, 3.05) is 24.6 Å². The number of benzene rings is 1. The molecule has 43 heavy (non-hydrogen) atoms. The van der Waals surface area contributed by atoms with Crippen LogP contribution < -0.4 is 20.7 Å². The normalized spacial score (nSPS) is 18.0. The second kappa shape index (κ2) is 14.1. The number of H-pyrrole nitrogens is 1. The Hall–Kier alpha value is -4.46. The fourth-order valence-corrected chi connectivity index (χ4v) is 5.73. The van der Waals surface area contributed by atoms with E-state index in [1.807, 2.05) is 43.0 Å². The highest BCUT2D eigenvalue weighted by molar-refractivity contribution is 6.33. The molecule has 4 aromatic rings. The number of carboxylic acid groups (broad SMARTS) is 1. The zero-order chi connectivity index (χ0) is 31.0. The Kier molecular flexibility index (Phi) is 10.3. The molecule has 1 aliphatic rings. The van der Waals surface area contributed by atoms with Gasteiger partial charge in [0.05, 0.1) is 40.7 Å². The maximum absolute atomic E-state index is 14.8. The zero-order valence-corrected chi connectivity index (χ0v) is 24.4. The summed E-state index contributed by atoms with van der Waals surface area (Å²) in [6.07, 6.45) is 4.73. The van der Waals surface area contributed by atoms with E-state index < -0.39 is 11.4 Å². The van der Waals surface area contributed by atoms with Crippen molar-refractivity contribution in [2.45, 2.75) is 38.4 Å². The molecule has 1 aromatic carbocycles. The first-order valence-corrected chi connectivity index (χ1v) is 14.0. The van der Waals surface area contributed by atoms with E-state index in [2.05, 4.69) is 25.5 Å². The summed E-state index contributed by atoms with van der Waals surface area (Å²) in [5.41, 5.74) is 7.51. The molecule has 2 unspecified atom stereocenters.